The first-order valence-corrected chi connectivity index (χ1v) is 7.72. The molecule has 0 bridgehead atoms. The number of likely N-dealkylation sites (tertiary alicyclic amines) is 1. The Balaban J connectivity index is 1.67. The summed E-state index contributed by atoms with van der Waals surface area (Å²) in [4.78, 5) is 22.8. The zero-order valence-corrected chi connectivity index (χ0v) is 11.8. The van der Waals surface area contributed by atoms with E-state index < -0.39 is 0 Å². The molecule has 0 aromatic carbocycles. The maximum Gasteiger partial charge on any atom is 0.272 e. The van der Waals surface area contributed by atoms with Crippen LogP contribution in [0, 0.1) is 0 Å². The molecule has 2 heterocycles. The molecule has 1 saturated heterocycles. The zero-order valence-electron chi connectivity index (χ0n) is 11.8. The minimum Gasteiger partial charge on any atom is -0.351 e. The van der Waals surface area contributed by atoms with Crippen LogP contribution in [-0.4, -0.2) is 39.9 Å². The van der Waals surface area contributed by atoms with Crippen LogP contribution in [0.3, 0.4) is 0 Å². The first-order chi connectivity index (χ1) is 9.83. The van der Waals surface area contributed by atoms with Gasteiger partial charge in [0.15, 0.2) is 0 Å². The van der Waals surface area contributed by atoms with Crippen molar-refractivity contribution >= 4 is 11.9 Å². The fraction of sp³-hybridized carbons (Fsp3) is 0.667. The van der Waals surface area contributed by atoms with E-state index in [1.807, 2.05) is 4.90 Å². The van der Waals surface area contributed by atoms with Gasteiger partial charge in [-0.05, 0) is 31.7 Å². The molecular formula is C15H22N4O. The lowest BCUT2D eigenvalue weighted by molar-refractivity contribution is 0.0787. The minimum absolute atomic E-state index is 0.0385. The molecular weight excluding hydrogens is 252 g/mol. The van der Waals surface area contributed by atoms with Gasteiger partial charge in [-0.15, -0.1) is 0 Å². The van der Waals surface area contributed by atoms with E-state index in [0.29, 0.717) is 17.7 Å². The van der Waals surface area contributed by atoms with Crippen molar-refractivity contribution in [2.75, 3.05) is 18.4 Å². The normalized spacial score (nSPS) is 20.1. The van der Waals surface area contributed by atoms with Crippen LogP contribution in [-0.2, 0) is 0 Å². The smallest absolute Gasteiger partial charge is 0.272 e. The van der Waals surface area contributed by atoms with E-state index >= 15 is 0 Å². The molecule has 0 spiro atoms. The number of carbonyl (C=O) groups excluding carboxylic acids is 1. The van der Waals surface area contributed by atoms with Gasteiger partial charge in [0.1, 0.15) is 5.69 Å². The van der Waals surface area contributed by atoms with Crippen LogP contribution in [0.1, 0.15) is 55.4 Å². The van der Waals surface area contributed by atoms with Crippen molar-refractivity contribution in [2.24, 2.45) is 0 Å². The van der Waals surface area contributed by atoms with Gasteiger partial charge in [0, 0.05) is 25.3 Å². The third-order valence-electron chi connectivity index (χ3n) is 4.21. The lowest BCUT2D eigenvalue weighted by Gasteiger charge is -2.23. The highest BCUT2D eigenvalue weighted by Crippen LogP contribution is 2.20. The van der Waals surface area contributed by atoms with Crippen LogP contribution in [0.2, 0.25) is 0 Å². The molecule has 1 aromatic rings. The Hall–Kier alpha value is -1.65. The SMILES string of the molecule is O=C(c1ccnc(NC2CCCCC2)n1)N1CCCC1. The molecule has 1 saturated carbocycles. The van der Waals surface area contributed by atoms with E-state index in [-0.39, 0.29) is 5.91 Å². The molecule has 5 heteroatoms. The molecule has 20 heavy (non-hydrogen) atoms. The number of aromatic nitrogens is 2. The number of hydrogen-bond acceptors (Lipinski definition) is 4. The Morgan fingerprint density at radius 2 is 1.90 bits per heavy atom. The third kappa shape index (κ3) is 3.08. The molecule has 2 fully saturated rings. The number of anilines is 1. The van der Waals surface area contributed by atoms with Gasteiger partial charge in [0.2, 0.25) is 5.95 Å². The molecule has 2 aliphatic rings. The number of amides is 1. The van der Waals surface area contributed by atoms with E-state index in [4.69, 9.17) is 0 Å². The van der Waals surface area contributed by atoms with Crippen molar-refractivity contribution in [3.05, 3.63) is 18.0 Å². The third-order valence-corrected chi connectivity index (χ3v) is 4.21. The van der Waals surface area contributed by atoms with Gasteiger partial charge >= 0.3 is 0 Å². The lowest BCUT2D eigenvalue weighted by Crippen LogP contribution is -2.29. The van der Waals surface area contributed by atoms with Crippen molar-refractivity contribution in [3.8, 4) is 0 Å². The largest absolute Gasteiger partial charge is 0.351 e. The van der Waals surface area contributed by atoms with Gasteiger partial charge in [-0.25, -0.2) is 9.97 Å². The van der Waals surface area contributed by atoms with E-state index in [1.165, 1.54) is 32.1 Å². The second-order valence-electron chi connectivity index (χ2n) is 5.74. The van der Waals surface area contributed by atoms with Crippen molar-refractivity contribution < 1.29 is 4.79 Å². The topological polar surface area (TPSA) is 58.1 Å². The van der Waals surface area contributed by atoms with E-state index in [1.54, 1.807) is 12.3 Å². The van der Waals surface area contributed by atoms with Crippen LogP contribution >= 0.6 is 0 Å². The number of rotatable bonds is 3. The summed E-state index contributed by atoms with van der Waals surface area (Å²) in [5.74, 6) is 0.638. The van der Waals surface area contributed by atoms with Crippen molar-refractivity contribution in [1.82, 2.24) is 14.9 Å². The Morgan fingerprint density at radius 3 is 2.65 bits per heavy atom. The first kappa shape index (κ1) is 13.3. The molecule has 1 aliphatic carbocycles. The van der Waals surface area contributed by atoms with Crippen LogP contribution in [0.5, 0.6) is 0 Å². The molecule has 1 aromatic heterocycles. The molecule has 1 aliphatic heterocycles. The van der Waals surface area contributed by atoms with Gasteiger partial charge in [0.05, 0.1) is 0 Å². The summed E-state index contributed by atoms with van der Waals surface area (Å²) in [5, 5.41) is 3.37. The predicted molar refractivity (Wildman–Crippen MR) is 77.7 cm³/mol. The van der Waals surface area contributed by atoms with Crippen LogP contribution in [0.4, 0.5) is 5.95 Å². The first-order valence-electron chi connectivity index (χ1n) is 7.72. The maximum absolute atomic E-state index is 12.3. The Labute approximate surface area is 119 Å². The Morgan fingerprint density at radius 1 is 1.15 bits per heavy atom. The quantitative estimate of drug-likeness (QED) is 0.920. The molecule has 3 rings (SSSR count). The summed E-state index contributed by atoms with van der Waals surface area (Å²) < 4.78 is 0. The summed E-state index contributed by atoms with van der Waals surface area (Å²) in [6.07, 6.45) is 10.1. The van der Waals surface area contributed by atoms with Gasteiger partial charge in [0.25, 0.3) is 5.91 Å². The van der Waals surface area contributed by atoms with Crippen molar-refractivity contribution in [3.63, 3.8) is 0 Å². The highest BCUT2D eigenvalue weighted by Gasteiger charge is 2.21. The standard InChI is InChI=1S/C15H22N4O/c20-14(19-10-4-5-11-19)13-8-9-16-15(18-13)17-12-6-2-1-3-7-12/h8-9,12H,1-7,10-11H2,(H,16,17,18). The van der Waals surface area contributed by atoms with Gasteiger partial charge < -0.3 is 10.2 Å². The second kappa shape index (κ2) is 6.20. The molecule has 1 N–H and O–H groups in total. The van der Waals surface area contributed by atoms with E-state index in [9.17, 15) is 4.79 Å². The van der Waals surface area contributed by atoms with E-state index in [2.05, 4.69) is 15.3 Å². The van der Waals surface area contributed by atoms with Crippen LogP contribution < -0.4 is 5.32 Å². The number of nitrogens with zero attached hydrogens (tertiary/aromatic N) is 3. The van der Waals surface area contributed by atoms with Crippen molar-refractivity contribution in [2.45, 2.75) is 51.0 Å². The fourth-order valence-electron chi connectivity index (χ4n) is 3.06. The summed E-state index contributed by atoms with van der Waals surface area (Å²) in [6, 6.07) is 2.17. The molecule has 0 atom stereocenters. The average Bonchev–Trinajstić information content (AvgIpc) is 3.02. The number of nitrogens with one attached hydrogen (secondary N) is 1. The predicted octanol–water partition coefficient (Wildman–Crippen LogP) is 2.46. The van der Waals surface area contributed by atoms with Gasteiger partial charge in [-0.3, -0.25) is 4.79 Å². The number of hydrogen-bond donors (Lipinski definition) is 1. The highest BCUT2D eigenvalue weighted by atomic mass is 16.2. The monoisotopic (exact) mass is 274 g/mol. The van der Waals surface area contributed by atoms with Gasteiger partial charge in [-0.1, -0.05) is 19.3 Å². The number of carbonyl (C=O) groups is 1. The average molecular weight is 274 g/mol. The second-order valence-corrected chi connectivity index (χ2v) is 5.74. The molecule has 0 unspecified atom stereocenters. The summed E-state index contributed by atoms with van der Waals surface area (Å²) in [6.45, 7) is 1.71. The minimum atomic E-state index is 0.0385. The molecule has 108 valence electrons. The highest BCUT2D eigenvalue weighted by molar-refractivity contribution is 5.92. The Kier molecular flexibility index (Phi) is 4.14. The van der Waals surface area contributed by atoms with Crippen LogP contribution in [0.15, 0.2) is 12.3 Å². The summed E-state index contributed by atoms with van der Waals surface area (Å²) in [5.41, 5.74) is 0.514. The van der Waals surface area contributed by atoms with Gasteiger partial charge in [-0.2, -0.15) is 0 Å². The molecule has 1 amide bonds. The van der Waals surface area contributed by atoms with Crippen molar-refractivity contribution in [1.29, 1.82) is 0 Å². The van der Waals surface area contributed by atoms with Crippen LogP contribution in [0.25, 0.3) is 0 Å². The Bertz CT molecular complexity index is 465. The lowest BCUT2D eigenvalue weighted by atomic mass is 9.96. The zero-order chi connectivity index (χ0) is 13.8. The summed E-state index contributed by atoms with van der Waals surface area (Å²) >= 11 is 0. The van der Waals surface area contributed by atoms with E-state index in [0.717, 1.165) is 25.9 Å². The maximum atomic E-state index is 12.3. The molecule has 0 radical (unpaired) electrons. The molecule has 5 nitrogen and oxygen atoms in total. The summed E-state index contributed by atoms with van der Waals surface area (Å²) in [7, 11) is 0. The fourth-order valence-corrected chi connectivity index (χ4v) is 3.06.